The van der Waals surface area contributed by atoms with Crippen LogP contribution in [0.3, 0.4) is 0 Å². The van der Waals surface area contributed by atoms with E-state index < -0.39 is 5.60 Å². The smallest absolute Gasteiger partial charge is 0.185 e. The van der Waals surface area contributed by atoms with E-state index in [1.54, 1.807) is 56.7 Å². The van der Waals surface area contributed by atoms with Crippen molar-refractivity contribution in [3.63, 3.8) is 0 Å². The first-order valence-corrected chi connectivity index (χ1v) is 9.90. The predicted octanol–water partition coefficient (Wildman–Crippen LogP) is 5.18. The average molecular weight is 412 g/mol. The lowest BCUT2D eigenvalue weighted by molar-refractivity contribution is 0.0757. The fraction of sp³-hybridized carbons (Fsp3) is 0.148. The number of ether oxygens (including phenoxy) is 2. The van der Waals surface area contributed by atoms with Gasteiger partial charge in [-0.15, -0.1) is 0 Å². The zero-order chi connectivity index (χ0) is 22.1. The molecule has 0 saturated carbocycles. The van der Waals surface area contributed by atoms with Crippen molar-refractivity contribution in [2.45, 2.75) is 12.0 Å². The van der Waals surface area contributed by atoms with Crippen LogP contribution in [-0.2, 0) is 9.53 Å². The Morgan fingerprint density at radius 1 is 1.00 bits per heavy atom. The molecule has 1 aliphatic carbocycles. The summed E-state index contributed by atoms with van der Waals surface area (Å²) in [6.45, 7) is 0. The summed E-state index contributed by atoms with van der Waals surface area (Å²) in [5.74, 6) is 2.67. The molecule has 0 saturated heterocycles. The molecule has 0 bridgehead atoms. The Morgan fingerprint density at radius 2 is 1.74 bits per heavy atom. The molecule has 3 rings (SSSR count). The maximum atomic E-state index is 12.2. The van der Waals surface area contributed by atoms with Crippen LogP contribution in [0.15, 0.2) is 103 Å². The van der Waals surface area contributed by atoms with Crippen molar-refractivity contribution in [2.24, 2.45) is 0 Å². The molecule has 0 heterocycles. The van der Waals surface area contributed by atoms with Gasteiger partial charge in [-0.3, -0.25) is 4.79 Å². The highest BCUT2D eigenvalue weighted by atomic mass is 16.5. The molecule has 1 aliphatic rings. The summed E-state index contributed by atoms with van der Waals surface area (Å²) in [4.78, 5) is 23.7. The Hall–Kier alpha value is -3.72. The van der Waals surface area contributed by atoms with Crippen LogP contribution in [0.5, 0.6) is 5.75 Å². The maximum Gasteiger partial charge on any atom is 0.185 e. The molecule has 31 heavy (non-hydrogen) atoms. The summed E-state index contributed by atoms with van der Waals surface area (Å²) >= 11 is 0. The van der Waals surface area contributed by atoms with Crippen LogP contribution in [-0.4, -0.2) is 31.5 Å². The predicted molar refractivity (Wildman–Crippen MR) is 123 cm³/mol. The van der Waals surface area contributed by atoms with Crippen molar-refractivity contribution in [3.05, 3.63) is 114 Å². The van der Waals surface area contributed by atoms with Gasteiger partial charge in [0.25, 0.3) is 0 Å². The lowest BCUT2D eigenvalue weighted by Gasteiger charge is -2.27. The average Bonchev–Trinajstić information content (AvgIpc) is 2.84. The van der Waals surface area contributed by atoms with Crippen molar-refractivity contribution < 1.29 is 19.1 Å². The number of hydrogen-bond acceptors (Lipinski definition) is 4. The molecule has 0 aliphatic heterocycles. The molecule has 0 fully saturated rings. The van der Waals surface area contributed by atoms with Crippen molar-refractivity contribution in [2.75, 3.05) is 14.2 Å². The molecule has 0 radical (unpaired) electrons. The van der Waals surface area contributed by atoms with E-state index in [9.17, 15) is 9.59 Å². The number of allylic oxidation sites excluding steroid dienone is 6. The fourth-order valence-electron chi connectivity index (χ4n) is 3.17. The van der Waals surface area contributed by atoms with Gasteiger partial charge in [0.2, 0.25) is 0 Å². The van der Waals surface area contributed by atoms with E-state index in [1.165, 1.54) is 0 Å². The molecule has 0 amide bonds. The van der Waals surface area contributed by atoms with Crippen molar-refractivity contribution >= 4 is 17.3 Å². The molecule has 0 N–H and O–H groups in total. The van der Waals surface area contributed by atoms with E-state index in [4.69, 9.17) is 9.47 Å². The summed E-state index contributed by atoms with van der Waals surface area (Å²) in [7, 11) is 3.22. The zero-order valence-electron chi connectivity index (χ0n) is 17.6. The third-order valence-corrected chi connectivity index (χ3v) is 5.12. The van der Waals surface area contributed by atoms with Gasteiger partial charge in [0, 0.05) is 19.1 Å². The van der Waals surface area contributed by atoms with Gasteiger partial charge in [-0.25, -0.2) is 4.79 Å². The quantitative estimate of drug-likeness (QED) is 0.260. The van der Waals surface area contributed by atoms with Gasteiger partial charge >= 0.3 is 0 Å². The molecular formula is C27H24O4. The van der Waals surface area contributed by atoms with Gasteiger partial charge in [-0.1, -0.05) is 48.6 Å². The molecule has 0 aromatic heterocycles. The highest BCUT2D eigenvalue weighted by molar-refractivity contribution is 6.04. The van der Waals surface area contributed by atoms with Crippen LogP contribution < -0.4 is 4.74 Å². The van der Waals surface area contributed by atoms with Crippen LogP contribution >= 0.6 is 0 Å². The second-order valence-electron chi connectivity index (χ2n) is 7.04. The number of benzene rings is 2. The molecular weight excluding hydrogens is 388 g/mol. The number of carbonyl (C=O) groups excluding carboxylic acids is 2. The molecule has 0 spiro atoms. The van der Waals surface area contributed by atoms with Gasteiger partial charge in [0.05, 0.1) is 12.7 Å². The molecule has 1 unspecified atom stereocenters. The summed E-state index contributed by atoms with van der Waals surface area (Å²) < 4.78 is 10.9. The third kappa shape index (κ3) is 5.67. The third-order valence-electron chi connectivity index (χ3n) is 5.12. The second-order valence-corrected chi connectivity index (χ2v) is 7.04. The highest BCUT2D eigenvalue weighted by Crippen LogP contribution is 2.28. The Morgan fingerprint density at radius 3 is 2.32 bits per heavy atom. The van der Waals surface area contributed by atoms with Gasteiger partial charge in [0.15, 0.2) is 5.78 Å². The fourth-order valence-corrected chi connectivity index (χ4v) is 3.17. The Bertz CT molecular complexity index is 1080. The largest absolute Gasteiger partial charge is 0.497 e. The van der Waals surface area contributed by atoms with E-state index in [0.29, 0.717) is 17.6 Å². The molecule has 2 aromatic rings. The van der Waals surface area contributed by atoms with Crippen molar-refractivity contribution in [1.29, 1.82) is 0 Å². The highest BCUT2D eigenvalue weighted by Gasteiger charge is 2.24. The van der Waals surface area contributed by atoms with Gasteiger partial charge in [-0.05, 0) is 59.7 Å². The molecule has 156 valence electrons. The van der Waals surface area contributed by atoms with E-state index in [2.05, 4.69) is 0 Å². The minimum Gasteiger partial charge on any atom is -0.497 e. The number of ketones is 1. The number of hydrogen-bond donors (Lipinski definition) is 0. The van der Waals surface area contributed by atoms with Crippen LogP contribution in [0.4, 0.5) is 0 Å². The Labute approximate surface area is 182 Å². The van der Waals surface area contributed by atoms with E-state index in [1.807, 2.05) is 60.6 Å². The minimum absolute atomic E-state index is 0.0429. The zero-order valence-corrected chi connectivity index (χ0v) is 17.6. The minimum atomic E-state index is -0.671. The summed E-state index contributed by atoms with van der Waals surface area (Å²) in [5.41, 5.74) is 2.08. The first-order valence-electron chi connectivity index (χ1n) is 9.90. The van der Waals surface area contributed by atoms with Crippen LogP contribution in [0.2, 0.25) is 0 Å². The molecule has 4 nitrogen and oxygen atoms in total. The molecule has 2 aromatic carbocycles. The van der Waals surface area contributed by atoms with E-state index in [-0.39, 0.29) is 5.78 Å². The summed E-state index contributed by atoms with van der Waals surface area (Å²) in [6, 6.07) is 16.4. The summed E-state index contributed by atoms with van der Waals surface area (Å²) in [6.07, 6.45) is 13.3. The van der Waals surface area contributed by atoms with Gasteiger partial charge < -0.3 is 9.47 Å². The number of methoxy groups -OCH3 is 2. The van der Waals surface area contributed by atoms with E-state index in [0.717, 1.165) is 16.9 Å². The first kappa shape index (κ1) is 22.0. The van der Waals surface area contributed by atoms with Crippen LogP contribution in [0, 0.1) is 0 Å². The van der Waals surface area contributed by atoms with Gasteiger partial charge in [0.1, 0.15) is 17.3 Å². The maximum absolute atomic E-state index is 12.2. The van der Waals surface area contributed by atoms with E-state index >= 15 is 0 Å². The summed E-state index contributed by atoms with van der Waals surface area (Å²) in [5, 5.41) is 0. The second kappa shape index (κ2) is 10.4. The lowest BCUT2D eigenvalue weighted by Crippen LogP contribution is -2.27. The van der Waals surface area contributed by atoms with Crippen molar-refractivity contribution in [1.82, 2.24) is 0 Å². The van der Waals surface area contributed by atoms with Gasteiger partial charge in [-0.2, -0.15) is 0 Å². The Kier molecular flexibility index (Phi) is 7.34. The Balaban J connectivity index is 1.69. The van der Waals surface area contributed by atoms with Crippen molar-refractivity contribution in [3.8, 4) is 5.75 Å². The lowest BCUT2D eigenvalue weighted by atomic mass is 9.90. The first-order chi connectivity index (χ1) is 15.1. The number of rotatable bonds is 8. The normalized spacial score (nSPS) is 18.1. The topological polar surface area (TPSA) is 52.6 Å². The number of carbonyl (C=O) groups is 1. The molecule has 4 heteroatoms. The van der Waals surface area contributed by atoms with Crippen LogP contribution in [0.25, 0.3) is 5.57 Å². The SMILES string of the molecule is COc1ccc(C(=C=O)C=CC2(OC)C=CC(C=CC(=O)c3ccccc3)=CC2)cc1. The molecule has 1 atom stereocenters. The van der Waals surface area contributed by atoms with Crippen LogP contribution in [0.1, 0.15) is 22.3 Å². The standard InChI is InChI=1S/C27H24O4/c1-30-25-11-9-22(10-12-25)24(20-28)16-19-27(31-2)17-14-21(15-18-27)8-13-26(29)23-6-4-3-5-7-23/h3-17,19H,18H2,1-2H3. The monoisotopic (exact) mass is 412 g/mol.